The minimum Gasteiger partial charge on any atom is -0.341 e. The zero-order valence-corrected chi connectivity index (χ0v) is 24.5. The number of carbonyl (C=O) groups excluding carboxylic acids is 2. The molecule has 2 atom stereocenters. The van der Waals surface area contributed by atoms with Crippen molar-refractivity contribution in [2.45, 2.75) is 38.1 Å². The molecule has 6 nitrogen and oxygen atoms in total. The van der Waals surface area contributed by atoms with Crippen molar-refractivity contribution < 1.29 is 9.59 Å². The number of hydrogen-bond donors (Lipinski definition) is 0. The predicted octanol–water partition coefficient (Wildman–Crippen LogP) is 5.14. The number of likely N-dealkylation sites (tertiary alicyclic amines) is 3. The molecule has 40 heavy (non-hydrogen) atoms. The Morgan fingerprint density at radius 3 is 2.38 bits per heavy atom. The van der Waals surface area contributed by atoms with E-state index in [2.05, 4.69) is 78.1 Å². The highest BCUT2D eigenvalue weighted by Crippen LogP contribution is 2.43. The molecule has 208 valence electrons. The van der Waals surface area contributed by atoms with Gasteiger partial charge in [-0.2, -0.15) is 0 Å². The van der Waals surface area contributed by atoms with E-state index in [0.29, 0.717) is 30.7 Å². The average Bonchev–Trinajstić information content (AvgIpc) is 3.54. The van der Waals surface area contributed by atoms with Crippen molar-refractivity contribution in [2.24, 2.45) is 11.3 Å². The Bertz CT molecular complexity index is 1310. The van der Waals surface area contributed by atoms with E-state index < -0.39 is 0 Å². The number of carbonyl (C=O) groups is 2. The summed E-state index contributed by atoms with van der Waals surface area (Å²) in [6.45, 7) is 5.93. The monoisotopic (exact) mass is 600 g/mol. The molecule has 3 aliphatic rings. The lowest BCUT2D eigenvalue weighted by molar-refractivity contribution is -0.139. The Kier molecular flexibility index (Phi) is 8.03. The van der Waals surface area contributed by atoms with Crippen LogP contribution in [0.25, 0.3) is 0 Å². The van der Waals surface area contributed by atoms with E-state index >= 15 is 0 Å². The van der Waals surface area contributed by atoms with E-state index in [4.69, 9.17) is 0 Å². The maximum absolute atomic E-state index is 13.6. The number of halogens is 1. The van der Waals surface area contributed by atoms with Crippen molar-refractivity contribution in [3.63, 3.8) is 0 Å². The summed E-state index contributed by atoms with van der Waals surface area (Å²) >= 11 is 3.50. The minimum absolute atomic E-state index is 0.177. The van der Waals surface area contributed by atoms with Gasteiger partial charge in [0.2, 0.25) is 11.8 Å². The summed E-state index contributed by atoms with van der Waals surface area (Å²) in [4.78, 5) is 37.7. The van der Waals surface area contributed by atoms with Gasteiger partial charge in [-0.1, -0.05) is 64.5 Å². The number of nitrogens with zero attached hydrogens (tertiary/aromatic N) is 4. The first-order chi connectivity index (χ1) is 19.5. The molecular weight excluding hydrogens is 564 g/mol. The van der Waals surface area contributed by atoms with Crippen LogP contribution in [0.4, 0.5) is 0 Å². The number of piperidine rings is 1. The summed E-state index contributed by atoms with van der Waals surface area (Å²) in [5.74, 6) is 1.22. The van der Waals surface area contributed by atoms with Crippen molar-refractivity contribution in [3.05, 3.63) is 100 Å². The van der Waals surface area contributed by atoms with Gasteiger partial charge in [0.25, 0.3) is 0 Å². The van der Waals surface area contributed by atoms with Crippen LogP contribution in [0.2, 0.25) is 0 Å². The first-order valence-corrected chi connectivity index (χ1v) is 15.3. The number of pyridine rings is 1. The van der Waals surface area contributed by atoms with E-state index in [1.807, 2.05) is 24.3 Å². The molecule has 6 rings (SSSR count). The number of rotatable bonds is 7. The fourth-order valence-corrected chi connectivity index (χ4v) is 7.20. The molecule has 3 aromatic rings. The molecular formula is C33H37BrN4O2. The molecule has 4 heterocycles. The van der Waals surface area contributed by atoms with E-state index in [0.717, 1.165) is 68.6 Å². The predicted molar refractivity (Wildman–Crippen MR) is 159 cm³/mol. The van der Waals surface area contributed by atoms with E-state index in [9.17, 15) is 9.59 Å². The van der Waals surface area contributed by atoms with Gasteiger partial charge in [0, 0.05) is 55.5 Å². The minimum atomic E-state index is -0.202. The fraction of sp³-hybridized carbons (Fsp3) is 0.424. The molecule has 3 aliphatic heterocycles. The molecule has 0 saturated carbocycles. The molecule has 7 heteroatoms. The maximum Gasteiger partial charge on any atom is 0.229 e. The van der Waals surface area contributed by atoms with Gasteiger partial charge in [-0.15, -0.1) is 0 Å². The van der Waals surface area contributed by atoms with Gasteiger partial charge in [0.05, 0.1) is 11.8 Å². The van der Waals surface area contributed by atoms with Gasteiger partial charge in [-0.3, -0.25) is 14.6 Å². The largest absolute Gasteiger partial charge is 0.341 e. The third kappa shape index (κ3) is 5.86. The average molecular weight is 602 g/mol. The van der Waals surface area contributed by atoms with Crippen LogP contribution in [0.1, 0.15) is 41.9 Å². The molecule has 1 aromatic heterocycles. The van der Waals surface area contributed by atoms with Gasteiger partial charge in [0.15, 0.2) is 0 Å². The Hall–Kier alpha value is -3.03. The van der Waals surface area contributed by atoms with Crippen LogP contribution in [-0.2, 0) is 22.6 Å². The first kappa shape index (κ1) is 27.2. The van der Waals surface area contributed by atoms with E-state index in [-0.39, 0.29) is 11.3 Å². The molecule has 2 amide bonds. The Labute approximate surface area is 245 Å². The maximum atomic E-state index is 13.6. The fourth-order valence-electron chi connectivity index (χ4n) is 6.94. The molecule has 0 N–H and O–H groups in total. The molecule has 2 aromatic carbocycles. The third-order valence-corrected chi connectivity index (χ3v) is 9.82. The van der Waals surface area contributed by atoms with Gasteiger partial charge in [-0.05, 0) is 73.2 Å². The highest BCUT2D eigenvalue weighted by atomic mass is 79.9. The summed E-state index contributed by atoms with van der Waals surface area (Å²) in [6, 6.07) is 22.8. The number of hydrogen-bond acceptors (Lipinski definition) is 4. The third-order valence-electron chi connectivity index (χ3n) is 9.29. The SMILES string of the molecule is O=C(Cc1cccnc1)N1C[C@H](CN2CCC3(CC2)CCN(Cc2ccc(Br)cc2)C3=O)[C@@H](c2ccccc2)C1. The van der Waals surface area contributed by atoms with Crippen LogP contribution < -0.4 is 0 Å². The highest BCUT2D eigenvalue weighted by molar-refractivity contribution is 9.10. The molecule has 0 radical (unpaired) electrons. The second-order valence-electron chi connectivity index (χ2n) is 11.8. The van der Waals surface area contributed by atoms with Gasteiger partial charge >= 0.3 is 0 Å². The van der Waals surface area contributed by atoms with Crippen LogP contribution in [0.5, 0.6) is 0 Å². The standard InChI is InChI=1S/C33H37BrN4O2/c34-29-10-8-25(9-11-29)21-37-18-14-33(32(37)40)12-16-36(17-13-33)22-28-23-38(24-30(28)27-6-2-1-3-7-27)31(39)19-26-5-4-15-35-20-26/h1-11,15,20,28,30H,12-14,16-19,21-24H2/t28-,30+/m0/s1. The lowest BCUT2D eigenvalue weighted by Crippen LogP contribution is -2.46. The summed E-state index contributed by atoms with van der Waals surface area (Å²) in [5.41, 5.74) is 3.25. The zero-order valence-electron chi connectivity index (χ0n) is 22.9. The van der Waals surface area contributed by atoms with Crippen molar-refractivity contribution in [2.75, 3.05) is 39.3 Å². The van der Waals surface area contributed by atoms with Crippen LogP contribution in [0.3, 0.4) is 0 Å². The molecule has 1 spiro atoms. The van der Waals surface area contributed by atoms with E-state index in [1.165, 1.54) is 11.1 Å². The van der Waals surface area contributed by atoms with E-state index in [1.54, 1.807) is 12.4 Å². The Morgan fingerprint density at radius 1 is 0.900 bits per heavy atom. The highest BCUT2D eigenvalue weighted by Gasteiger charge is 2.48. The van der Waals surface area contributed by atoms with Crippen molar-refractivity contribution >= 4 is 27.7 Å². The smallest absolute Gasteiger partial charge is 0.229 e. The van der Waals surface area contributed by atoms with Crippen LogP contribution in [-0.4, -0.2) is 70.8 Å². The Morgan fingerprint density at radius 2 is 1.65 bits per heavy atom. The normalized spacial score (nSPS) is 22.8. The summed E-state index contributed by atoms with van der Waals surface area (Å²) < 4.78 is 1.06. The van der Waals surface area contributed by atoms with Crippen LogP contribution in [0.15, 0.2) is 83.6 Å². The molecule has 0 bridgehead atoms. The second-order valence-corrected chi connectivity index (χ2v) is 12.7. The molecule has 3 fully saturated rings. The number of aromatic nitrogens is 1. The lowest BCUT2D eigenvalue weighted by Gasteiger charge is -2.39. The molecule has 0 unspecified atom stereocenters. The first-order valence-electron chi connectivity index (χ1n) is 14.5. The lowest BCUT2D eigenvalue weighted by atomic mass is 9.76. The van der Waals surface area contributed by atoms with Crippen LogP contribution >= 0.6 is 15.9 Å². The molecule has 3 saturated heterocycles. The van der Waals surface area contributed by atoms with Crippen LogP contribution in [0, 0.1) is 11.3 Å². The van der Waals surface area contributed by atoms with Crippen molar-refractivity contribution in [3.8, 4) is 0 Å². The van der Waals surface area contributed by atoms with Gasteiger partial charge in [0.1, 0.15) is 0 Å². The number of amides is 2. The Balaban J connectivity index is 1.08. The van der Waals surface area contributed by atoms with Gasteiger partial charge in [-0.25, -0.2) is 0 Å². The topological polar surface area (TPSA) is 56.8 Å². The van der Waals surface area contributed by atoms with Crippen molar-refractivity contribution in [1.29, 1.82) is 0 Å². The van der Waals surface area contributed by atoms with Gasteiger partial charge < -0.3 is 14.7 Å². The zero-order chi connectivity index (χ0) is 27.5. The quantitative estimate of drug-likeness (QED) is 0.377. The van der Waals surface area contributed by atoms with Crippen molar-refractivity contribution in [1.82, 2.24) is 19.7 Å². The summed E-state index contributed by atoms with van der Waals surface area (Å²) in [5, 5.41) is 0. The number of benzene rings is 2. The second kappa shape index (κ2) is 11.8. The summed E-state index contributed by atoms with van der Waals surface area (Å²) in [7, 11) is 0. The molecule has 0 aliphatic carbocycles. The summed E-state index contributed by atoms with van der Waals surface area (Å²) in [6.07, 6.45) is 6.74.